The average Bonchev–Trinajstić information content (AvgIpc) is 2.48. The lowest BCUT2D eigenvalue weighted by Gasteiger charge is -2.24. The summed E-state index contributed by atoms with van der Waals surface area (Å²) in [5.41, 5.74) is 0. The number of anilines is 3. The summed E-state index contributed by atoms with van der Waals surface area (Å²) >= 11 is 0. The quantitative estimate of drug-likeness (QED) is 0.560. The molecule has 0 aliphatic heterocycles. The van der Waals surface area contributed by atoms with Gasteiger partial charge in [-0.25, -0.2) is 0 Å². The molecule has 0 aliphatic rings. The van der Waals surface area contributed by atoms with Crippen LogP contribution in [0.2, 0.25) is 0 Å². The first kappa shape index (κ1) is 15.6. The highest BCUT2D eigenvalue weighted by molar-refractivity contribution is 6.61. The summed E-state index contributed by atoms with van der Waals surface area (Å²) in [5, 5.41) is 8.75. The molecule has 0 radical (unpaired) electrons. The van der Waals surface area contributed by atoms with E-state index in [9.17, 15) is 0 Å². The molecule has 0 fully saturated rings. The molecule has 108 valence electrons. The van der Waals surface area contributed by atoms with E-state index in [2.05, 4.69) is 30.9 Å². The van der Waals surface area contributed by atoms with Crippen LogP contribution in [0.3, 0.4) is 0 Å². The third-order valence-corrected chi connectivity index (χ3v) is 4.95. The zero-order valence-electron chi connectivity index (χ0n) is 11.8. The molecule has 1 rings (SSSR count). The molecule has 1 aromatic heterocycles. The lowest BCUT2D eigenvalue weighted by Crippen LogP contribution is -2.50. The van der Waals surface area contributed by atoms with Crippen molar-refractivity contribution in [1.82, 2.24) is 15.0 Å². The molecule has 0 amide bonds. The minimum Gasteiger partial charge on any atom is -0.376 e. The van der Waals surface area contributed by atoms with Gasteiger partial charge in [-0.2, -0.15) is 15.0 Å². The first-order chi connectivity index (χ1) is 9.12. The number of aromatic nitrogens is 3. The SMILES string of the molecule is CNc1nc(NC)nc(NC[Si](OC)(OC)OC)n1. The Hall–Kier alpha value is -1.49. The van der Waals surface area contributed by atoms with E-state index in [0.29, 0.717) is 24.0 Å². The van der Waals surface area contributed by atoms with Crippen molar-refractivity contribution in [2.45, 2.75) is 0 Å². The third-order valence-electron chi connectivity index (χ3n) is 2.48. The van der Waals surface area contributed by atoms with Crippen LogP contribution in [0.1, 0.15) is 0 Å². The summed E-state index contributed by atoms with van der Waals surface area (Å²) in [6.07, 6.45) is 0.354. The van der Waals surface area contributed by atoms with E-state index in [1.807, 2.05) is 0 Å². The van der Waals surface area contributed by atoms with Gasteiger partial charge in [0.15, 0.2) is 0 Å². The Morgan fingerprint density at radius 1 is 0.842 bits per heavy atom. The van der Waals surface area contributed by atoms with E-state index in [0.717, 1.165) is 0 Å². The van der Waals surface area contributed by atoms with Crippen molar-refractivity contribution in [3.63, 3.8) is 0 Å². The Kier molecular flexibility index (Phi) is 5.88. The molecule has 0 unspecified atom stereocenters. The zero-order valence-corrected chi connectivity index (χ0v) is 12.8. The van der Waals surface area contributed by atoms with Crippen LogP contribution in [0.15, 0.2) is 0 Å². The van der Waals surface area contributed by atoms with E-state index in [1.54, 1.807) is 35.4 Å². The van der Waals surface area contributed by atoms with Gasteiger partial charge >= 0.3 is 8.80 Å². The van der Waals surface area contributed by atoms with Crippen LogP contribution in [0, 0.1) is 0 Å². The monoisotopic (exact) mass is 288 g/mol. The molecule has 1 aromatic rings. The van der Waals surface area contributed by atoms with Crippen LogP contribution >= 0.6 is 0 Å². The highest BCUT2D eigenvalue weighted by Gasteiger charge is 2.38. The van der Waals surface area contributed by atoms with Crippen LogP contribution in [-0.2, 0) is 13.3 Å². The summed E-state index contributed by atoms with van der Waals surface area (Å²) in [6.45, 7) is 0. The van der Waals surface area contributed by atoms with Gasteiger partial charge in [-0.15, -0.1) is 0 Å². The summed E-state index contributed by atoms with van der Waals surface area (Å²) in [6, 6.07) is 0. The highest BCUT2D eigenvalue weighted by atomic mass is 28.4. The van der Waals surface area contributed by atoms with E-state index in [4.69, 9.17) is 13.3 Å². The van der Waals surface area contributed by atoms with Crippen molar-refractivity contribution >= 4 is 26.6 Å². The second-order valence-electron chi connectivity index (χ2n) is 3.46. The van der Waals surface area contributed by atoms with E-state index in [1.165, 1.54) is 0 Å². The van der Waals surface area contributed by atoms with Gasteiger partial charge in [0.25, 0.3) is 0 Å². The Morgan fingerprint density at radius 3 is 1.63 bits per heavy atom. The maximum absolute atomic E-state index is 5.30. The Bertz CT molecular complexity index is 373. The van der Waals surface area contributed by atoms with Crippen LogP contribution in [-0.4, -0.2) is 65.3 Å². The molecule has 0 atom stereocenters. The molecule has 9 nitrogen and oxygen atoms in total. The predicted molar refractivity (Wildman–Crippen MR) is 74.2 cm³/mol. The topological polar surface area (TPSA) is 102 Å². The number of hydrogen-bond acceptors (Lipinski definition) is 9. The molecule has 0 bridgehead atoms. The summed E-state index contributed by atoms with van der Waals surface area (Å²) in [7, 11) is 5.40. The molecule has 19 heavy (non-hydrogen) atoms. The van der Waals surface area contributed by atoms with Crippen LogP contribution in [0.5, 0.6) is 0 Å². The summed E-state index contributed by atoms with van der Waals surface area (Å²) < 4.78 is 15.9. The van der Waals surface area contributed by atoms with Gasteiger partial charge in [-0.1, -0.05) is 0 Å². The smallest absolute Gasteiger partial charge is 0.376 e. The highest BCUT2D eigenvalue weighted by Crippen LogP contribution is 2.11. The normalized spacial score (nSPS) is 11.2. The van der Waals surface area contributed by atoms with Gasteiger partial charge in [-0.05, 0) is 0 Å². The molecule has 1 heterocycles. The van der Waals surface area contributed by atoms with E-state index < -0.39 is 8.80 Å². The number of nitrogens with one attached hydrogen (secondary N) is 3. The molecule has 0 saturated carbocycles. The summed E-state index contributed by atoms with van der Waals surface area (Å²) in [4.78, 5) is 12.5. The largest absolute Gasteiger partial charge is 0.520 e. The molecule has 0 spiro atoms. The van der Waals surface area contributed by atoms with Gasteiger partial charge in [0.05, 0.1) is 6.17 Å². The predicted octanol–water partition coefficient (Wildman–Crippen LogP) is -0.216. The fourth-order valence-electron chi connectivity index (χ4n) is 1.33. The number of rotatable bonds is 8. The Balaban J connectivity index is 2.81. The Morgan fingerprint density at radius 2 is 1.26 bits per heavy atom. The van der Waals surface area contributed by atoms with Crippen LogP contribution in [0.25, 0.3) is 0 Å². The maximum atomic E-state index is 5.30. The zero-order chi connectivity index (χ0) is 14.3. The lowest BCUT2D eigenvalue weighted by atomic mass is 10.8. The fraction of sp³-hybridized carbons (Fsp3) is 0.667. The van der Waals surface area contributed by atoms with Gasteiger partial charge in [0, 0.05) is 35.4 Å². The molecule has 0 saturated heterocycles. The van der Waals surface area contributed by atoms with Crippen LogP contribution < -0.4 is 16.0 Å². The maximum Gasteiger partial charge on any atom is 0.520 e. The van der Waals surface area contributed by atoms with E-state index in [-0.39, 0.29) is 0 Å². The first-order valence-corrected chi connectivity index (χ1v) is 7.57. The number of hydrogen-bond donors (Lipinski definition) is 3. The van der Waals surface area contributed by atoms with E-state index >= 15 is 0 Å². The lowest BCUT2D eigenvalue weighted by molar-refractivity contribution is 0.127. The third kappa shape index (κ3) is 3.99. The van der Waals surface area contributed by atoms with Gasteiger partial charge in [0.1, 0.15) is 0 Å². The minimum atomic E-state index is -2.71. The molecular formula is C9H20N6O3Si. The fourth-order valence-corrected chi connectivity index (χ4v) is 2.64. The Labute approximate surface area is 113 Å². The van der Waals surface area contributed by atoms with Crippen LogP contribution in [0.4, 0.5) is 17.8 Å². The molecular weight excluding hydrogens is 268 g/mol. The standard InChI is InChI=1S/C9H20N6O3Si/c1-10-7-13-8(11-2)15-9(14-7)12-6-19(16-3,17-4)18-5/h6H2,1-5H3,(H3,10,11,12,13,14,15). The second kappa shape index (κ2) is 7.18. The first-order valence-electron chi connectivity index (χ1n) is 5.64. The number of nitrogens with zero attached hydrogens (tertiary/aromatic N) is 3. The molecule has 3 N–H and O–H groups in total. The van der Waals surface area contributed by atoms with Crippen molar-refractivity contribution in [2.75, 3.05) is 57.5 Å². The molecule has 0 aliphatic carbocycles. The average molecular weight is 288 g/mol. The molecule has 10 heteroatoms. The van der Waals surface area contributed by atoms with Crippen molar-refractivity contribution in [2.24, 2.45) is 0 Å². The van der Waals surface area contributed by atoms with Crippen molar-refractivity contribution in [1.29, 1.82) is 0 Å². The van der Waals surface area contributed by atoms with Crippen molar-refractivity contribution < 1.29 is 13.3 Å². The van der Waals surface area contributed by atoms with Gasteiger partial charge in [0.2, 0.25) is 17.8 Å². The minimum absolute atomic E-state index is 0.354. The van der Waals surface area contributed by atoms with Crippen molar-refractivity contribution in [3.8, 4) is 0 Å². The second-order valence-corrected chi connectivity index (χ2v) is 6.40. The summed E-state index contributed by atoms with van der Waals surface area (Å²) in [5.74, 6) is 1.33. The van der Waals surface area contributed by atoms with Gasteiger partial charge < -0.3 is 29.2 Å². The molecule has 0 aromatic carbocycles. The van der Waals surface area contributed by atoms with Gasteiger partial charge in [-0.3, -0.25) is 0 Å². The van der Waals surface area contributed by atoms with Crippen molar-refractivity contribution in [3.05, 3.63) is 0 Å².